The first kappa shape index (κ1) is 17.7. The minimum Gasteiger partial charge on any atom is -0.494 e. The summed E-state index contributed by atoms with van der Waals surface area (Å²) < 4.78 is 13.2. The quantitative estimate of drug-likeness (QED) is 0.762. The van der Waals surface area contributed by atoms with E-state index in [9.17, 15) is 10.1 Å². The van der Waals surface area contributed by atoms with Crippen LogP contribution in [0.25, 0.3) is 10.9 Å². The van der Waals surface area contributed by atoms with E-state index in [1.54, 1.807) is 11.6 Å². The zero-order chi connectivity index (χ0) is 19.8. The van der Waals surface area contributed by atoms with Gasteiger partial charge in [0.05, 0.1) is 23.6 Å². The van der Waals surface area contributed by atoms with Gasteiger partial charge in [0.15, 0.2) is 0 Å². The highest BCUT2D eigenvalue weighted by Gasteiger charge is 2.36. The second-order valence-corrected chi connectivity index (χ2v) is 6.52. The van der Waals surface area contributed by atoms with Gasteiger partial charge in [-0.3, -0.25) is 4.79 Å². The number of rotatable bonds is 3. The fraction of sp³-hybridized carbons (Fsp3) is 0.182. The Morgan fingerprint density at radius 1 is 1.21 bits per heavy atom. The van der Waals surface area contributed by atoms with E-state index in [2.05, 4.69) is 6.07 Å². The predicted octanol–water partition coefficient (Wildman–Crippen LogP) is 3.16. The molecule has 3 aromatic rings. The number of hydrogen-bond donors (Lipinski definition) is 1. The molecule has 2 heterocycles. The lowest BCUT2D eigenvalue weighted by Gasteiger charge is -2.28. The summed E-state index contributed by atoms with van der Waals surface area (Å²) in [5, 5.41) is 10.6. The Morgan fingerprint density at radius 3 is 2.68 bits per heavy atom. The van der Waals surface area contributed by atoms with Crippen LogP contribution in [0, 0.1) is 11.3 Å². The van der Waals surface area contributed by atoms with E-state index in [0.717, 1.165) is 10.9 Å². The Bertz CT molecular complexity index is 1220. The number of benzene rings is 2. The lowest BCUT2D eigenvalue weighted by molar-refractivity contribution is 0.334. The van der Waals surface area contributed by atoms with Crippen LogP contribution in [-0.2, 0) is 7.05 Å². The van der Waals surface area contributed by atoms with E-state index in [1.165, 1.54) is 0 Å². The number of aryl methyl sites for hydroxylation is 1. The first-order valence-electron chi connectivity index (χ1n) is 8.99. The minimum atomic E-state index is -0.667. The molecule has 1 aliphatic rings. The molecule has 0 spiro atoms. The number of aromatic nitrogens is 1. The largest absolute Gasteiger partial charge is 0.494 e. The molecule has 28 heavy (non-hydrogen) atoms. The zero-order valence-corrected chi connectivity index (χ0v) is 15.6. The summed E-state index contributed by atoms with van der Waals surface area (Å²) in [5.41, 5.74) is 7.92. The summed E-state index contributed by atoms with van der Waals surface area (Å²) in [6.45, 7) is 2.35. The molecule has 6 heteroatoms. The van der Waals surface area contributed by atoms with Gasteiger partial charge in [0.25, 0.3) is 5.56 Å². The van der Waals surface area contributed by atoms with Gasteiger partial charge >= 0.3 is 0 Å². The summed E-state index contributed by atoms with van der Waals surface area (Å²) in [6, 6.07) is 17.0. The number of pyridine rings is 1. The van der Waals surface area contributed by atoms with Crippen LogP contribution in [-0.4, -0.2) is 11.2 Å². The monoisotopic (exact) mass is 373 g/mol. The van der Waals surface area contributed by atoms with Crippen LogP contribution in [0.4, 0.5) is 0 Å². The zero-order valence-electron chi connectivity index (χ0n) is 15.6. The molecule has 6 nitrogen and oxygen atoms in total. The van der Waals surface area contributed by atoms with Crippen LogP contribution in [0.15, 0.2) is 64.8 Å². The van der Waals surface area contributed by atoms with Crippen molar-refractivity contribution < 1.29 is 9.47 Å². The predicted molar refractivity (Wildman–Crippen MR) is 106 cm³/mol. The SMILES string of the molecule is CCOc1ccccc1[C@@H]1C(C#N)=C(N)Oc2c1c(=O)n(C)c1ccccc21. The number of allylic oxidation sites excluding steroid dienone is 1. The van der Waals surface area contributed by atoms with Crippen LogP contribution in [0.5, 0.6) is 11.5 Å². The third kappa shape index (κ3) is 2.52. The van der Waals surface area contributed by atoms with Crippen LogP contribution in [0.2, 0.25) is 0 Å². The number of nitriles is 1. The van der Waals surface area contributed by atoms with E-state index in [0.29, 0.717) is 29.2 Å². The molecule has 1 atom stereocenters. The van der Waals surface area contributed by atoms with Gasteiger partial charge in [0.2, 0.25) is 5.88 Å². The molecule has 0 radical (unpaired) electrons. The molecule has 4 rings (SSSR count). The molecular formula is C22H19N3O3. The van der Waals surface area contributed by atoms with Crippen molar-refractivity contribution in [2.45, 2.75) is 12.8 Å². The van der Waals surface area contributed by atoms with E-state index >= 15 is 0 Å². The van der Waals surface area contributed by atoms with Crippen molar-refractivity contribution in [3.05, 3.63) is 81.5 Å². The van der Waals surface area contributed by atoms with Gasteiger partial charge in [-0.1, -0.05) is 30.3 Å². The van der Waals surface area contributed by atoms with E-state index in [-0.39, 0.29) is 17.0 Å². The fourth-order valence-electron chi connectivity index (χ4n) is 3.74. The highest BCUT2D eigenvalue weighted by Crippen LogP contribution is 2.45. The second-order valence-electron chi connectivity index (χ2n) is 6.52. The summed E-state index contributed by atoms with van der Waals surface area (Å²) in [7, 11) is 1.71. The smallest absolute Gasteiger partial charge is 0.258 e. The average Bonchev–Trinajstić information content (AvgIpc) is 2.72. The van der Waals surface area contributed by atoms with Crippen molar-refractivity contribution in [1.82, 2.24) is 4.57 Å². The van der Waals surface area contributed by atoms with Gasteiger partial charge in [-0.25, -0.2) is 0 Å². The standard InChI is InChI=1S/C22H19N3O3/c1-3-27-17-11-7-5-9-14(17)18-15(12-23)21(24)28-20-13-8-4-6-10-16(13)25(2)22(26)19(18)20/h4-11,18H,3,24H2,1-2H3/t18-/m1/s1. The molecule has 0 saturated heterocycles. The highest BCUT2D eigenvalue weighted by molar-refractivity contribution is 5.88. The number of para-hydroxylation sites is 2. The Balaban J connectivity index is 2.12. The van der Waals surface area contributed by atoms with Gasteiger partial charge in [-0.05, 0) is 25.1 Å². The lowest BCUT2D eigenvalue weighted by atomic mass is 9.83. The van der Waals surface area contributed by atoms with Crippen LogP contribution in [0.3, 0.4) is 0 Å². The van der Waals surface area contributed by atoms with Crippen molar-refractivity contribution in [2.24, 2.45) is 12.8 Å². The van der Waals surface area contributed by atoms with Gasteiger partial charge in [0.1, 0.15) is 23.1 Å². The van der Waals surface area contributed by atoms with Gasteiger partial charge in [-0.2, -0.15) is 5.26 Å². The van der Waals surface area contributed by atoms with Crippen molar-refractivity contribution in [3.8, 4) is 17.6 Å². The maximum Gasteiger partial charge on any atom is 0.258 e. The van der Waals surface area contributed by atoms with Crippen molar-refractivity contribution in [2.75, 3.05) is 6.61 Å². The van der Waals surface area contributed by atoms with Gasteiger partial charge < -0.3 is 19.8 Å². The van der Waals surface area contributed by atoms with Crippen LogP contribution >= 0.6 is 0 Å². The first-order chi connectivity index (χ1) is 13.6. The number of nitrogens with two attached hydrogens (primary N) is 1. The van der Waals surface area contributed by atoms with E-state index < -0.39 is 5.92 Å². The number of hydrogen-bond acceptors (Lipinski definition) is 5. The molecule has 0 aliphatic carbocycles. The van der Waals surface area contributed by atoms with Gasteiger partial charge in [-0.15, -0.1) is 0 Å². The molecule has 2 aromatic carbocycles. The molecule has 0 saturated carbocycles. The van der Waals surface area contributed by atoms with Gasteiger partial charge in [0, 0.05) is 18.0 Å². The van der Waals surface area contributed by atoms with Crippen LogP contribution in [0.1, 0.15) is 24.0 Å². The minimum absolute atomic E-state index is 0.00436. The average molecular weight is 373 g/mol. The normalized spacial score (nSPS) is 15.7. The third-order valence-electron chi connectivity index (χ3n) is 4.99. The van der Waals surface area contributed by atoms with Crippen molar-refractivity contribution >= 4 is 10.9 Å². The number of nitrogens with zero attached hydrogens (tertiary/aromatic N) is 2. The molecule has 140 valence electrons. The Hall–Kier alpha value is -3.72. The molecule has 0 amide bonds. The highest BCUT2D eigenvalue weighted by atomic mass is 16.5. The van der Waals surface area contributed by atoms with Crippen molar-refractivity contribution in [3.63, 3.8) is 0 Å². The summed E-state index contributed by atoms with van der Waals surface area (Å²) in [5.74, 6) is 0.342. The maximum absolute atomic E-state index is 13.3. The van der Waals surface area contributed by atoms with E-state index in [4.69, 9.17) is 15.2 Å². The Labute approximate surface area is 162 Å². The number of ether oxygens (including phenoxy) is 2. The molecule has 2 N–H and O–H groups in total. The van der Waals surface area contributed by atoms with Crippen molar-refractivity contribution in [1.29, 1.82) is 5.26 Å². The summed E-state index contributed by atoms with van der Waals surface area (Å²) >= 11 is 0. The fourth-order valence-corrected chi connectivity index (χ4v) is 3.74. The molecule has 1 aliphatic heterocycles. The maximum atomic E-state index is 13.3. The Morgan fingerprint density at radius 2 is 1.93 bits per heavy atom. The molecule has 0 unspecified atom stereocenters. The first-order valence-corrected chi connectivity index (χ1v) is 8.99. The number of fused-ring (bicyclic) bond motifs is 3. The van der Waals surface area contributed by atoms with Crippen LogP contribution < -0.4 is 20.8 Å². The second kappa shape index (κ2) is 6.78. The molecule has 0 fully saturated rings. The van der Waals surface area contributed by atoms with E-state index in [1.807, 2.05) is 55.5 Å². The third-order valence-corrected chi connectivity index (χ3v) is 4.99. The summed E-state index contributed by atoms with van der Waals surface area (Å²) in [6.07, 6.45) is 0. The molecular weight excluding hydrogens is 354 g/mol. The molecule has 0 bridgehead atoms. The Kier molecular flexibility index (Phi) is 4.28. The topological polar surface area (TPSA) is 90.3 Å². The lowest BCUT2D eigenvalue weighted by Crippen LogP contribution is -2.31. The summed E-state index contributed by atoms with van der Waals surface area (Å²) in [4.78, 5) is 13.3. The molecule has 1 aromatic heterocycles.